The Morgan fingerprint density at radius 1 is 0.750 bits per heavy atom. The number of carbonyl (C=O) groups is 1. The van der Waals surface area contributed by atoms with Crippen LogP contribution in [0.1, 0.15) is 96.8 Å². The van der Waals surface area contributed by atoms with Crippen LogP contribution < -0.4 is 17.2 Å². The van der Waals surface area contributed by atoms with Crippen molar-refractivity contribution in [2.24, 2.45) is 17.2 Å². The number of allylic oxidation sites excluding steroid dienone is 2. The van der Waals surface area contributed by atoms with Crippen LogP contribution in [-0.2, 0) is 4.79 Å². The third-order valence-electron chi connectivity index (χ3n) is 3.68. The standard InChI is InChI=1S/C18H35NO.CH4N2Se/c1-2-3-4-5-6-7-8-9-10-11-12-13-14-15-16-17-18(19)20;2-1(3)4/h9-10H,2-8,11-17H2,1H3,(H2,19,20);(H4,2,3,4)/b10-9-;. The van der Waals surface area contributed by atoms with Crippen LogP contribution in [-0.4, -0.2) is 26.1 Å². The molecule has 0 radical (unpaired) electrons. The summed E-state index contributed by atoms with van der Waals surface area (Å²) in [5.41, 5.74) is 14.6. The van der Waals surface area contributed by atoms with Gasteiger partial charge in [-0.2, -0.15) is 0 Å². The number of primary amides is 1. The molecule has 0 saturated carbocycles. The van der Waals surface area contributed by atoms with Gasteiger partial charge in [0.25, 0.3) is 0 Å². The molecule has 4 nitrogen and oxygen atoms in total. The van der Waals surface area contributed by atoms with Crippen molar-refractivity contribution in [3.63, 3.8) is 0 Å². The Morgan fingerprint density at radius 2 is 1.12 bits per heavy atom. The van der Waals surface area contributed by atoms with Crippen LogP contribution in [0.2, 0.25) is 0 Å². The van der Waals surface area contributed by atoms with E-state index in [0.29, 0.717) is 11.1 Å². The quantitative estimate of drug-likeness (QED) is 0.221. The van der Waals surface area contributed by atoms with E-state index in [2.05, 4.69) is 34.7 Å². The predicted octanol–water partition coefficient (Wildman–Crippen LogP) is 3.67. The van der Waals surface area contributed by atoms with Gasteiger partial charge in [-0.25, -0.2) is 0 Å². The van der Waals surface area contributed by atoms with Gasteiger partial charge in [-0.15, -0.1) is 0 Å². The van der Waals surface area contributed by atoms with E-state index in [9.17, 15) is 4.79 Å². The Balaban J connectivity index is 0. The molecule has 0 aromatic rings. The van der Waals surface area contributed by atoms with Crippen molar-refractivity contribution in [1.82, 2.24) is 0 Å². The van der Waals surface area contributed by atoms with Crippen molar-refractivity contribution in [3.05, 3.63) is 12.2 Å². The molecule has 0 unspecified atom stereocenters. The molecule has 0 aliphatic heterocycles. The van der Waals surface area contributed by atoms with E-state index >= 15 is 0 Å². The van der Waals surface area contributed by atoms with Gasteiger partial charge in [0, 0.05) is 6.42 Å². The summed E-state index contributed by atoms with van der Waals surface area (Å²) in [5, 5.41) is 0. The zero-order valence-corrected chi connectivity index (χ0v) is 17.3. The van der Waals surface area contributed by atoms with Crippen molar-refractivity contribution in [2.45, 2.75) is 96.8 Å². The summed E-state index contributed by atoms with van der Waals surface area (Å²) >= 11 is 2.38. The fourth-order valence-corrected chi connectivity index (χ4v) is 2.37. The van der Waals surface area contributed by atoms with E-state index in [1.54, 1.807) is 0 Å². The molecule has 0 aromatic carbocycles. The first-order valence-corrected chi connectivity index (χ1v) is 10.3. The number of hydrogen-bond donors (Lipinski definition) is 3. The maximum atomic E-state index is 10.5. The topological polar surface area (TPSA) is 95.1 Å². The molecular formula is C19H39N3OSe. The number of nitrogens with two attached hydrogens (primary N) is 3. The number of amides is 1. The summed E-state index contributed by atoms with van der Waals surface area (Å²) in [7, 11) is 0. The summed E-state index contributed by atoms with van der Waals surface area (Å²) in [6, 6.07) is 0. The van der Waals surface area contributed by atoms with Crippen molar-refractivity contribution >= 4 is 26.1 Å². The van der Waals surface area contributed by atoms with E-state index in [1.807, 2.05) is 0 Å². The maximum absolute atomic E-state index is 10.5. The van der Waals surface area contributed by atoms with Crippen molar-refractivity contribution in [1.29, 1.82) is 0 Å². The average Bonchev–Trinajstić information content (AvgIpc) is 2.50. The van der Waals surface area contributed by atoms with E-state index in [1.165, 1.54) is 70.6 Å². The second kappa shape index (κ2) is 22.2. The SMILES string of the molecule is CCCCCCCC/C=C\CCCCCCCC(N)=O.NC(N)=[Se]. The number of rotatable bonds is 15. The van der Waals surface area contributed by atoms with Crippen molar-refractivity contribution < 1.29 is 4.79 Å². The minimum atomic E-state index is -0.164. The number of unbranched alkanes of at least 4 members (excludes halogenated alkanes) is 11. The van der Waals surface area contributed by atoms with Crippen LogP contribution in [0.4, 0.5) is 0 Å². The first-order chi connectivity index (χ1) is 11.5. The van der Waals surface area contributed by atoms with E-state index in [-0.39, 0.29) is 5.91 Å². The Hall–Kier alpha value is -0.801. The summed E-state index contributed by atoms with van der Waals surface area (Å²) in [5.74, 6) is -0.164. The third-order valence-corrected chi connectivity index (χ3v) is 3.68. The van der Waals surface area contributed by atoms with Gasteiger partial charge in [0.05, 0.1) is 0 Å². The normalized spacial score (nSPS) is 10.4. The van der Waals surface area contributed by atoms with Crippen LogP contribution in [0.5, 0.6) is 0 Å². The van der Waals surface area contributed by atoms with Gasteiger partial charge in [0.15, 0.2) is 0 Å². The van der Waals surface area contributed by atoms with Gasteiger partial charge in [-0.3, -0.25) is 4.79 Å². The Morgan fingerprint density at radius 3 is 1.54 bits per heavy atom. The van der Waals surface area contributed by atoms with Crippen LogP contribution in [0.15, 0.2) is 12.2 Å². The fraction of sp³-hybridized carbons (Fsp3) is 0.789. The minimum absolute atomic E-state index is 0.164. The summed E-state index contributed by atoms with van der Waals surface area (Å²) < 4.78 is 0.292. The second-order valence-electron chi connectivity index (χ2n) is 6.20. The van der Waals surface area contributed by atoms with Crippen LogP contribution >= 0.6 is 0 Å². The van der Waals surface area contributed by atoms with Gasteiger partial charge < -0.3 is 5.73 Å². The molecule has 0 saturated heterocycles. The number of hydrogen-bond acceptors (Lipinski definition) is 3. The van der Waals surface area contributed by atoms with Gasteiger partial charge in [0.2, 0.25) is 5.91 Å². The summed E-state index contributed by atoms with van der Waals surface area (Å²) in [4.78, 5) is 10.5. The van der Waals surface area contributed by atoms with Gasteiger partial charge in [-0.1, -0.05) is 70.4 Å². The van der Waals surface area contributed by atoms with Crippen LogP contribution in [0.25, 0.3) is 0 Å². The second-order valence-corrected chi connectivity index (χ2v) is 7.19. The molecule has 0 aliphatic rings. The molecule has 6 N–H and O–H groups in total. The zero-order valence-electron chi connectivity index (χ0n) is 15.6. The summed E-state index contributed by atoms with van der Waals surface area (Å²) in [6.45, 7) is 2.26. The molecule has 0 fully saturated rings. The monoisotopic (exact) mass is 405 g/mol. The molecule has 0 atom stereocenters. The molecule has 24 heavy (non-hydrogen) atoms. The van der Waals surface area contributed by atoms with E-state index < -0.39 is 0 Å². The Labute approximate surface area is 157 Å². The fourth-order valence-electron chi connectivity index (χ4n) is 2.37. The zero-order chi connectivity index (χ0) is 18.5. The molecule has 1 amide bonds. The molecule has 0 aromatic heterocycles. The molecule has 142 valence electrons. The van der Waals surface area contributed by atoms with E-state index in [0.717, 1.165) is 12.8 Å². The van der Waals surface area contributed by atoms with Crippen LogP contribution in [0, 0.1) is 0 Å². The Bertz CT molecular complexity index is 316. The first-order valence-electron chi connectivity index (χ1n) is 9.48. The molecular weight excluding hydrogens is 365 g/mol. The molecule has 0 bridgehead atoms. The van der Waals surface area contributed by atoms with Crippen LogP contribution in [0.3, 0.4) is 0 Å². The number of carbonyl (C=O) groups excluding carboxylic acids is 1. The predicted molar refractivity (Wildman–Crippen MR) is 108 cm³/mol. The third kappa shape index (κ3) is 33.0. The van der Waals surface area contributed by atoms with Crippen molar-refractivity contribution in [2.75, 3.05) is 0 Å². The Kier molecular flexibility index (Phi) is 23.5. The molecule has 0 heterocycles. The molecule has 0 spiro atoms. The summed E-state index contributed by atoms with van der Waals surface area (Å²) in [6.07, 6.45) is 21.9. The molecule has 5 heteroatoms. The van der Waals surface area contributed by atoms with E-state index in [4.69, 9.17) is 17.2 Å². The first kappa shape index (κ1) is 25.4. The molecule has 0 rings (SSSR count). The average molecular weight is 405 g/mol. The van der Waals surface area contributed by atoms with Gasteiger partial charge in [-0.05, 0) is 32.1 Å². The van der Waals surface area contributed by atoms with Crippen molar-refractivity contribution in [3.8, 4) is 0 Å². The molecule has 0 aliphatic carbocycles. The van der Waals surface area contributed by atoms with Gasteiger partial charge >= 0.3 is 31.7 Å². The van der Waals surface area contributed by atoms with Gasteiger partial charge in [0.1, 0.15) is 0 Å².